The Hall–Kier alpha value is -3.39. The number of hydrogen-bond acceptors (Lipinski definition) is 4. The Bertz CT molecular complexity index is 1370. The number of carboxylic acids is 1. The fourth-order valence-electron chi connectivity index (χ4n) is 3.26. The number of hydrogen-bond donors (Lipinski definition) is 2. The van der Waals surface area contributed by atoms with E-state index in [9.17, 15) is 9.59 Å². The van der Waals surface area contributed by atoms with E-state index in [1.165, 1.54) is 12.1 Å². The van der Waals surface area contributed by atoms with Gasteiger partial charge in [-0.1, -0.05) is 46.9 Å². The van der Waals surface area contributed by atoms with Crippen LogP contribution in [0.4, 0.5) is 5.82 Å². The van der Waals surface area contributed by atoms with Crippen molar-refractivity contribution >= 4 is 52.5 Å². The van der Waals surface area contributed by atoms with Crippen LogP contribution in [0.15, 0.2) is 60.8 Å². The average Bonchev–Trinajstić information content (AvgIpc) is 3.11. The van der Waals surface area contributed by atoms with Crippen LogP contribution in [0.25, 0.3) is 16.9 Å². The molecular formula is C23H15Cl3N4O3. The molecule has 0 radical (unpaired) electrons. The summed E-state index contributed by atoms with van der Waals surface area (Å²) in [5.41, 5.74) is 2.72. The van der Waals surface area contributed by atoms with E-state index in [0.717, 1.165) is 11.8 Å². The van der Waals surface area contributed by atoms with Crippen molar-refractivity contribution in [3.63, 3.8) is 0 Å². The number of amides is 1. The van der Waals surface area contributed by atoms with Gasteiger partial charge in [-0.2, -0.15) is 5.10 Å². The van der Waals surface area contributed by atoms with Crippen molar-refractivity contribution in [2.45, 2.75) is 6.92 Å². The van der Waals surface area contributed by atoms with Crippen molar-refractivity contribution in [2.75, 3.05) is 5.32 Å². The predicted molar refractivity (Wildman–Crippen MR) is 128 cm³/mol. The first kappa shape index (κ1) is 22.8. The van der Waals surface area contributed by atoms with Crippen molar-refractivity contribution in [3.05, 3.63) is 92.7 Å². The third kappa shape index (κ3) is 4.71. The van der Waals surface area contributed by atoms with Crippen molar-refractivity contribution in [3.8, 4) is 16.9 Å². The van der Waals surface area contributed by atoms with Gasteiger partial charge in [0.15, 0.2) is 5.69 Å². The maximum absolute atomic E-state index is 13.1. The van der Waals surface area contributed by atoms with E-state index in [1.54, 1.807) is 41.9 Å². The summed E-state index contributed by atoms with van der Waals surface area (Å²) in [7, 11) is 0. The molecule has 1 amide bonds. The van der Waals surface area contributed by atoms with E-state index in [1.807, 2.05) is 12.1 Å². The van der Waals surface area contributed by atoms with Crippen molar-refractivity contribution in [1.29, 1.82) is 0 Å². The molecular weight excluding hydrogens is 487 g/mol. The highest BCUT2D eigenvalue weighted by molar-refractivity contribution is 6.35. The summed E-state index contributed by atoms with van der Waals surface area (Å²) in [5, 5.41) is 17.6. The second-order valence-corrected chi connectivity index (χ2v) is 8.31. The number of nitrogens with zero attached hydrogens (tertiary/aromatic N) is 3. The van der Waals surface area contributed by atoms with E-state index in [4.69, 9.17) is 39.9 Å². The molecule has 4 aromatic rings. The zero-order chi connectivity index (χ0) is 23.7. The summed E-state index contributed by atoms with van der Waals surface area (Å²) < 4.78 is 1.58. The Labute approximate surface area is 203 Å². The number of aromatic carboxylic acids is 1. The van der Waals surface area contributed by atoms with E-state index < -0.39 is 11.9 Å². The molecule has 7 nitrogen and oxygen atoms in total. The number of carbonyl (C=O) groups excluding carboxylic acids is 1. The number of benzene rings is 2. The van der Waals surface area contributed by atoms with Crippen molar-refractivity contribution < 1.29 is 14.7 Å². The second kappa shape index (κ2) is 9.23. The quantitative estimate of drug-likeness (QED) is 0.342. The first-order chi connectivity index (χ1) is 15.7. The number of carboxylic acid groups (broad SMARTS) is 1. The van der Waals surface area contributed by atoms with Gasteiger partial charge in [-0.25, -0.2) is 14.5 Å². The second-order valence-electron chi connectivity index (χ2n) is 7.03. The van der Waals surface area contributed by atoms with Gasteiger partial charge in [-0.05, 0) is 49.4 Å². The molecule has 0 atom stereocenters. The monoisotopic (exact) mass is 500 g/mol. The molecule has 0 saturated heterocycles. The minimum atomic E-state index is -1.11. The molecule has 2 aromatic heterocycles. The molecule has 0 unspecified atom stereocenters. The molecule has 166 valence electrons. The SMILES string of the molecule is Cc1c(C(=O)Nc2ccc(C(=O)O)cn2)nn(-c2ccc(Cl)cc2Cl)c1-c1ccc(Cl)cc1. The highest BCUT2D eigenvalue weighted by Gasteiger charge is 2.23. The number of anilines is 1. The Morgan fingerprint density at radius 1 is 0.970 bits per heavy atom. The molecule has 4 rings (SSSR count). The Morgan fingerprint density at radius 3 is 2.27 bits per heavy atom. The predicted octanol–water partition coefficient (Wildman–Crippen LogP) is 6.15. The van der Waals surface area contributed by atoms with Crippen LogP contribution >= 0.6 is 34.8 Å². The van der Waals surface area contributed by atoms with Gasteiger partial charge in [-0.15, -0.1) is 0 Å². The topological polar surface area (TPSA) is 97.1 Å². The maximum Gasteiger partial charge on any atom is 0.337 e. The number of rotatable bonds is 5. The van der Waals surface area contributed by atoms with Crippen molar-refractivity contribution in [2.24, 2.45) is 0 Å². The summed E-state index contributed by atoms with van der Waals surface area (Å²) in [6.45, 7) is 1.77. The van der Waals surface area contributed by atoms with Crippen LogP contribution in [0, 0.1) is 6.92 Å². The van der Waals surface area contributed by atoms with Gasteiger partial charge in [0.1, 0.15) is 5.82 Å². The molecule has 0 spiro atoms. The third-order valence-electron chi connectivity index (χ3n) is 4.84. The maximum atomic E-state index is 13.1. The first-order valence-corrected chi connectivity index (χ1v) is 10.7. The lowest BCUT2D eigenvalue weighted by atomic mass is 10.1. The molecule has 0 fully saturated rings. The highest BCUT2D eigenvalue weighted by Crippen LogP contribution is 2.33. The molecule has 0 aliphatic heterocycles. The van der Waals surface area contributed by atoms with Gasteiger partial charge >= 0.3 is 5.97 Å². The van der Waals surface area contributed by atoms with Crippen molar-refractivity contribution in [1.82, 2.24) is 14.8 Å². The van der Waals surface area contributed by atoms with Gasteiger partial charge in [0.25, 0.3) is 5.91 Å². The third-order valence-corrected chi connectivity index (χ3v) is 5.63. The zero-order valence-corrected chi connectivity index (χ0v) is 19.3. The summed E-state index contributed by atoms with van der Waals surface area (Å²) in [5.74, 6) is -1.43. The molecule has 0 bridgehead atoms. The zero-order valence-electron chi connectivity index (χ0n) is 17.0. The molecule has 0 aliphatic rings. The average molecular weight is 502 g/mol. The van der Waals surface area contributed by atoms with Gasteiger partial charge < -0.3 is 10.4 Å². The molecule has 2 aromatic carbocycles. The fraction of sp³-hybridized carbons (Fsp3) is 0.0435. The van der Waals surface area contributed by atoms with E-state index in [0.29, 0.717) is 32.0 Å². The Balaban J connectivity index is 1.79. The van der Waals surface area contributed by atoms with Crippen LogP contribution in [0.2, 0.25) is 15.1 Å². The fourth-order valence-corrected chi connectivity index (χ4v) is 3.87. The Morgan fingerprint density at radius 2 is 1.67 bits per heavy atom. The number of carbonyl (C=O) groups is 2. The van der Waals surface area contributed by atoms with E-state index in [2.05, 4.69) is 15.4 Å². The van der Waals surface area contributed by atoms with Crippen LogP contribution < -0.4 is 5.32 Å². The van der Waals surface area contributed by atoms with Crippen LogP contribution in [0.1, 0.15) is 26.4 Å². The summed E-state index contributed by atoms with van der Waals surface area (Å²) in [6.07, 6.45) is 1.16. The minimum Gasteiger partial charge on any atom is -0.478 e. The van der Waals surface area contributed by atoms with Gasteiger partial charge in [-0.3, -0.25) is 4.79 Å². The summed E-state index contributed by atoms with van der Waals surface area (Å²) in [6, 6.07) is 14.9. The van der Waals surface area contributed by atoms with Crippen LogP contribution in [0.5, 0.6) is 0 Å². The molecule has 2 N–H and O–H groups in total. The lowest BCUT2D eigenvalue weighted by Crippen LogP contribution is -2.15. The number of nitrogens with one attached hydrogen (secondary N) is 1. The standard InChI is InChI=1S/C23H15Cl3N4O3/c1-12-20(22(31)28-19-9-4-14(11-27-19)23(32)33)29-30(18-8-7-16(25)10-17(18)26)21(12)13-2-5-15(24)6-3-13/h2-11H,1H3,(H,32,33)(H,27,28,31). The smallest absolute Gasteiger partial charge is 0.337 e. The molecule has 33 heavy (non-hydrogen) atoms. The number of pyridine rings is 1. The van der Waals surface area contributed by atoms with Crippen LogP contribution in [0.3, 0.4) is 0 Å². The minimum absolute atomic E-state index is 0.0101. The largest absolute Gasteiger partial charge is 0.478 e. The molecule has 2 heterocycles. The molecule has 0 aliphatic carbocycles. The lowest BCUT2D eigenvalue weighted by Gasteiger charge is -2.11. The lowest BCUT2D eigenvalue weighted by molar-refractivity contribution is 0.0696. The number of halogens is 3. The first-order valence-electron chi connectivity index (χ1n) is 9.56. The van der Waals surface area contributed by atoms with E-state index >= 15 is 0 Å². The Kier molecular flexibility index (Phi) is 6.37. The summed E-state index contributed by atoms with van der Waals surface area (Å²) >= 11 is 18.5. The van der Waals surface area contributed by atoms with Gasteiger partial charge in [0, 0.05) is 27.4 Å². The van der Waals surface area contributed by atoms with E-state index in [-0.39, 0.29) is 17.1 Å². The van der Waals surface area contributed by atoms with Gasteiger partial charge in [0.05, 0.1) is 22.0 Å². The number of aromatic nitrogens is 3. The van der Waals surface area contributed by atoms with Crippen LogP contribution in [-0.2, 0) is 0 Å². The highest BCUT2D eigenvalue weighted by atomic mass is 35.5. The normalized spacial score (nSPS) is 10.8. The van der Waals surface area contributed by atoms with Gasteiger partial charge in [0.2, 0.25) is 0 Å². The molecule has 0 saturated carbocycles. The van der Waals surface area contributed by atoms with Crippen LogP contribution in [-0.4, -0.2) is 31.7 Å². The summed E-state index contributed by atoms with van der Waals surface area (Å²) in [4.78, 5) is 28.0. The molecule has 10 heteroatoms.